The number of para-hydroxylation sites is 1. The molecule has 0 fully saturated rings. The number of fused-ring (bicyclic) bond motifs is 1. The third kappa shape index (κ3) is 3.15. The van der Waals surface area contributed by atoms with Crippen LogP contribution in [0, 0.1) is 0 Å². The number of rotatable bonds is 3. The van der Waals surface area contributed by atoms with E-state index in [-0.39, 0.29) is 5.91 Å². The summed E-state index contributed by atoms with van der Waals surface area (Å²) in [7, 11) is 0. The Kier molecular flexibility index (Phi) is 4.33. The van der Waals surface area contributed by atoms with Crippen molar-refractivity contribution in [3.05, 3.63) is 89.8 Å². The first-order valence-corrected chi connectivity index (χ1v) is 8.46. The Bertz CT molecular complexity index is 1100. The summed E-state index contributed by atoms with van der Waals surface area (Å²) in [6.45, 7) is 0. The largest absolute Gasteiger partial charge is 0.319 e. The smallest absolute Gasteiger partial charge is 0.274 e. The molecule has 2 heterocycles. The Morgan fingerprint density at radius 3 is 2.54 bits per heavy atom. The Morgan fingerprint density at radius 2 is 1.73 bits per heavy atom. The van der Waals surface area contributed by atoms with Gasteiger partial charge >= 0.3 is 0 Å². The summed E-state index contributed by atoms with van der Waals surface area (Å²) in [6, 6.07) is 20.6. The van der Waals surface area contributed by atoms with Gasteiger partial charge < -0.3 is 5.32 Å². The molecule has 4 nitrogen and oxygen atoms in total. The van der Waals surface area contributed by atoms with Gasteiger partial charge in [-0.1, -0.05) is 54.1 Å². The van der Waals surface area contributed by atoms with Gasteiger partial charge in [0.2, 0.25) is 0 Å². The highest BCUT2D eigenvalue weighted by atomic mass is 35.5. The second-order valence-electron chi connectivity index (χ2n) is 5.75. The van der Waals surface area contributed by atoms with Crippen LogP contribution in [-0.2, 0) is 0 Å². The Hall–Kier alpha value is -3.24. The molecule has 0 unspecified atom stereocenters. The molecular weight excluding hydrogens is 346 g/mol. The topological polar surface area (TPSA) is 54.9 Å². The van der Waals surface area contributed by atoms with Crippen molar-refractivity contribution in [1.82, 2.24) is 9.97 Å². The molecule has 1 N–H and O–H groups in total. The summed E-state index contributed by atoms with van der Waals surface area (Å²) >= 11 is 6.35. The summed E-state index contributed by atoms with van der Waals surface area (Å²) in [5.41, 5.74) is 3.47. The number of carbonyl (C=O) groups is 1. The van der Waals surface area contributed by atoms with Gasteiger partial charge in [-0.2, -0.15) is 0 Å². The van der Waals surface area contributed by atoms with E-state index in [9.17, 15) is 4.79 Å². The second kappa shape index (κ2) is 6.94. The Labute approximate surface area is 155 Å². The molecule has 4 rings (SSSR count). The number of nitrogens with zero attached hydrogens (tertiary/aromatic N) is 2. The Morgan fingerprint density at radius 1 is 0.885 bits per heavy atom. The van der Waals surface area contributed by atoms with Crippen molar-refractivity contribution >= 4 is 34.1 Å². The molecule has 2 aromatic carbocycles. The summed E-state index contributed by atoms with van der Waals surface area (Å²) in [5, 5.41) is 4.39. The van der Waals surface area contributed by atoms with Crippen molar-refractivity contribution in [2.45, 2.75) is 0 Å². The van der Waals surface area contributed by atoms with Crippen molar-refractivity contribution < 1.29 is 4.79 Å². The highest BCUT2D eigenvalue weighted by Gasteiger charge is 2.12. The predicted octanol–water partition coefficient (Wildman–Crippen LogP) is 5.20. The predicted molar refractivity (Wildman–Crippen MR) is 104 cm³/mol. The van der Waals surface area contributed by atoms with Crippen molar-refractivity contribution in [3.8, 4) is 11.1 Å². The van der Waals surface area contributed by atoms with E-state index in [0.29, 0.717) is 16.4 Å². The molecule has 2 aromatic heterocycles. The fraction of sp³-hybridized carbons (Fsp3) is 0. The zero-order valence-electron chi connectivity index (χ0n) is 13.7. The maximum Gasteiger partial charge on any atom is 0.274 e. The number of pyridine rings is 2. The fourth-order valence-corrected chi connectivity index (χ4v) is 3.04. The lowest BCUT2D eigenvalue weighted by atomic mass is 10.0. The van der Waals surface area contributed by atoms with Crippen LogP contribution in [0.1, 0.15) is 10.5 Å². The van der Waals surface area contributed by atoms with E-state index >= 15 is 0 Å². The Balaban J connectivity index is 1.78. The molecule has 0 aliphatic heterocycles. The van der Waals surface area contributed by atoms with Crippen LogP contribution in [-0.4, -0.2) is 15.9 Å². The SMILES string of the molecule is O=C(Nc1cccnc1)c1ccc2cccc(-c3ccccc3Cl)c2n1. The average Bonchev–Trinajstić information content (AvgIpc) is 2.68. The van der Waals surface area contributed by atoms with Gasteiger partial charge in [0.05, 0.1) is 17.4 Å². The van der Waals surface area contributed by atoms with Crippen LogP contribution in [0.25, 0.3) is 22.0 Å². The average molecular weight is 360 g/mol. The van der Waals surface area contributed by atoms with Crippen LogP contribution in [0.4, 0.5) is 5.69 Å². The molecule has 0 aliphatic carbocycles. The summed E-state index contributed by atoms with van der Waals surface area (Å²) < 4.78 is 0. The first kappa shape index (κ1) is 16.2. The van der Waals surface area contributed by atoms with Gasteiger partial charge in [0, 0.05) is 27.7 Å². The molecule has 0 bridgehead atoms. The molecule has 26 heavy (non-hydrogen) atoms. The number of halogens is 1. The van der Waals surface area contributed by atoms with Crippen LogP contribution in [0.5, 0.6) is 0 Å². The molecule has 0 saturated carbocycles. The standard InChI is InChI=1S/C21H14ClN3O/c22-18-9-2-1-7-16(18)17-8-3-5-14-10-11-19(25-20(14)17)21(26)24-15-6-4-12-23-13-15/h1-13H,(H,24,26). The van der Waals surface area contributed by atoms with Gasteiger partial charge in [-0.05, 0) is 24.3 Å². The van der Waals surface area contributed by atoms with Gasteiger partial charge in [-0.25, -0.2) is 4.98 Å². The third-order valence-corrected chi connectivity index (χ3v) is 4.37. The minimum absolute atomic E-state index is 0.283. The summed E-state index contributed by atoms with van der Waals surface area (Å²) in [4.78, 5) is 21.1. The van der Waals surface area contributed by atoms with E-state index in [1.165, 1.54) is 0 Å². The van der Waals surface area contributed by atoms with Crippen molar-refractivity contribution in [1.29, 1.82) is 0 Å². The minimum atomic E-state index is -0.283. The number of anilines is 1. The quantitative estimate of drug-likeness (QED) is 0.546. The van der Waals surface area contributed by atoms with E-state index in [1.54, 1.807) is 30.6 Å². The number of hydrogen-bond acceptors (Lipinski definition) is 3. The van der Waals surface area contributed by atoms with Crippen LogP contribution >= 0.6 is 11.6 Å². The van der Waals surface area contributed by atoms with Crippen molar-refractivity contribution in [2.75, 3.05) is 5.32 Å². The third-order valence-electron chi connectivity index (χ3n) is 4.04. The molecule has 0 saturated heterocycles. The van der Waals surface area contributed by atoms with Crippen LogP contribution in [0.3, 0.4) is 0 Å². The molecular formula is C21H14ClN3O. The molecule has 0 atom stereocenters. The molecule has 0 radical (unpaired) electrons. The number of hydrogen-bond donors (Lipinski definition) is 1. The maximum atomic E-state index is 12.5. The maximum absolute atomic E-state index is 12.5. The summed E-state index contributed by atoms with van der Waals surface area (Å²) in [6.07, 6.45) is 3.24. The first-order chi connectivity index (χ1) is 12.7. The molecule has 4 aromatic rings. The fourth-order valence-electron chi connectivity index (χ4n) is 2.80. The van der Waals surface area contributed by atoms with Gasteiger partial charge in [-0.3, -0.25) is 9.78 Å². The van der Waals surface area contributed by atoms with Crippen molar-refractivity contribution in [2.24, 2.45) is 0 Å². The van der Waals surface area contributed by atoms with E-state index in [4.69, 9.17) is 11.6 Å². The highest BCUT2D eigenvalue weighted by Crippen LogP contribution is 2.32. The zero-order chi connectivity index (χ0) is 17.9. The molecule has 5 heteroatoms. The number of nitrogens with one attached hydrogen (secondary N) is 1. The van der Waals surface area contributed by atoms with Crippen molar-refractivity contribution in [3.63, 3.8) is 0 Å². The monoisotopic (exact) mass is 359 g/mol. The second-order valence-corrected chi connectivity index (χ2v) is 6.16. The number of aromatic nitrogens is 2. The zero-order valence-corrected chi connectivity index (χ0v) is 14.4. The van der Waals surface area contributed by atoms with Crippen LogP contribution < -0.4 is 5.32 Å². The van der Waals surface area contributed by atoms with E-state index in [0.717, 1.165) is 22.0 Å². The van der Waals surface area contributed by atoms with Crippen LogP contribution in [0.15, 0.2) is 79.1 Å². The van der Waals surface area contributed by atoms with Gasteiger partial charge in [0.15, 0.2) is 0 Å². The molecule has 0 spiro atoms. The number of carbonyl (C=O) groups excluding carboxylic acids is 1. The molecule has 0 aliphatic rings. The minimum Gasteiger partial charge on any atom is -0.319 e. The first-order valence-electron chi connectivity index (χ1n) is 8.08. The van der Waals surface area contributed by atoms with E-state index in [1.807, 2.05) is 48.5 Å². The van der Waals surface area contributed by atoms with Gasteiger partial charge in [-0.15, -0.1) is 0 Å². The number of benzene rings is 2. The van der Waals surface area contributed by atoms with E-state index < -0.39 is 0 Å². The summed E-state index contributed by atoms with van der Waals surface area (Å²) in [5.74, 6) is -0.283. The lowest BCUT2D eigenvalue weighted by Crippen LogP contribution is -2.13. The molecule has 1 amide bonds. The normalized spacial score (nSPS) is 10.7. The highest BCUT2D eigenvalue weighted by molar-refractivity contribution is 6.33. The van der Waals surface area contributed by atoms with Crippen LogP contribution in [0.2, 0.25) is 5.02 Å². The number of amides is 1. The lowest BCUT2D eigenvalue weighted by Gasteiger charge is -2.10. The van der Waals surface area contributed by atoms with Gasteiger partial charge in [0.1, 0.15) is 5.69 Å². The molecule has 126 valence electrons. The van der Waals surface area contributed by atoms with E-state index in [2.05, 4.69) is 15.3 Å². The van der Waals surface area contributed by atoms with Gasteiger partial charge in [0.25, 0.3) is 5.91 Å². The lowest BCUT2D eigenvalue weighted by molar-refractivity contribution is 0.102.